The standard InChI is InChI=1S/C19H30O2/c1-15-5-9-18(10-6-15)19-11-7-16(8-12-19)3-2-4-17(13-20)14-21/h7-8,11-12,15,17-18,20-21H,2-6,9-10,13-14H2,1H3. The smallest absolute Gasteiger partial charge is 0.0481 e. The van der Waals surface area contributed by atoms with Crippen LogP contribution < -0.4 is 0 Å². The van der Waals surface area contributed by atoms with Crippen molar-refractivity contribution in [2.75, 3.05) is 13.2 Å². The molecule has 0 saturated heterocycles. The van der Waals surface area contributed by atoms with E-state index in [0.717, 1.165) is 31.1 Å². The van der Waals surface area contributed by atoms with Gasteiger partial charge in [0.2, 0.25) is 0 Å². The molecule has 0 spiro atoms. The zero-order chi connectivity index (χ0) is 15.1. The Morgan fingerprint density at radius 2 is 1.62 bits per heavy atom. The molecule has 0 radical (unpaired) electrons. The molecule has 1 aromatic carbocycles. The summed E-state index contributed by atoms with van der Waals surface area (Å²) in [5.74, 6) is 1.73. The van der Waals surface area contributed by atoms with Crippen molar-refractivity contribution in [3.63, 3.8) is 0 Å². The van der Waals surface area contributed by atoms with Crippen LogP contribution in [-0.2, 0) is 6.42 Å². The first-order valence-corrected chi connectivity index (χ1v) is 8.53. The Hall–Kier alpha value is -0.860. The molecule has 2 N–H and O–H groups in total. The van der Waals surface area contributed by atoms with Crippen molar-refractivity contribution >= 4 is 0 Å². The summed E-state index contributed by atoms with van der Waals surface area (Å²) in [5, 5.41) is 18.1. The molecule has 2 rings (SSSR count). The van der Waals surface area contributed by atoms with E-state index in [1.165, 1.54) is 36.8 Å². The van der Waals surface area contributed by atoms with Crippen LogP contribution in [0.4, 0.5) is 0 Å². The summed E-state index contributed by atoms with van der Waals surface area (Å²) in [7, 11) is 0. The van der Waals surface area contributed by atoms with Crippen molar-refractivity contribution in [2.45, 2.75) is 57.8 Å². The first-order chi connectivity index (χ1) is 10.2. The lowest BCUT2D eigenvalue weighted by Gasteiger charge is -2.26. The topological polar surface area (TPSA) is 40.5 Å². The van der Waals surface area contributed by atoms with Gasteiger partial charge in [-0.15, -0.1) is 0 Å². The summed E-state index contributed by atoms with van der Waals surface area (Å²) in [6.07, 6.45) is 8.40. The van der Waals surface area contributed by atoms with Crippen LogP contribution in [0.15, 0.2) is 24.3 Å². The van der Waals surface area contributed by atoms with E-state index in [0.29, 0.717) is 0 Å². The Morgan fingerprint density at radius 1 is 1.00 bits per heavy atom. The molecule has 21 heavy (non-hydrogen) atoms. The quantitative estimate of drug-likeness (QED) is 0.799. The van der Waals surface area contributed by atoms with Gasteiger partial charge < -0.3 is 10.2 Å². The largest absolute Gasteiger partial charge is 0.396 e. The third-order valence-corrected chi connectivity index (χ3v) is 5.06. The number of aryl methyl sites for hydroxylation is 1. The molecule has 0 atom stereocenters. The summed E-state index contributed by atoms with van der Waals surface area (Å²) in [6.45, 7) is 2.55. The Morgan fingerprint density at radius 3 is 2.19 bits per heavy atom. The third kappa shape index (κ3) is 5.12. The maximum atomic E-state index is 9.06. The average Bonchev–Trinajstić information content (AvgIpc) is 2.53. The molecule has 0 aromatic heterocycles. The molecule has 1 aliphatic carbocycles. The third-order valence-electron chi connectivity index (χ3n) is 5.06. The number of aliphatic hydroxyl groups excluding tert-OH is 2. The number of hydrogen-bond donors (Lipinski definition) is 2. The van der Waals surface area contributed by atoms with Gasteiger partial charge in [-0.1, -0.05) is 44.0 Å². The zero-order valence-corrected chi connectivity index (χ0v) is 13.3. The SMILES string of the molecule is CC1CCC(c2ccc(CCCC(CO)CO)cc2)CC1. The Bertz CT molecular complexity index is 387. The molecule has 0 unspecified atom stereocenters. The maximum absolute atomic E-state index is 9.06. The molecular weight excluding hydrogens is 260 g/mol. The Kier molecular flexibility index (Phi) is 6.72. The van der Waals surface area contributed by atoms with E-state index in [-0.39, 0.29) is 19.1 Å². The van der Waals surface area contributed by atoms with Gasteiger partial charge in [0.15, 0.2) is 0 Å². The second-order valence-electron chi connectivity index (χ2n) is 6.82. The zero-order valence-electron chi connectivity index (χ0n) is 13.3. The second-order valence-corrected chi connectivity index (χ2v) is 6.82. The molecule has 0 heterocycles. The van der Waals surface area contributed by atoms with Gasteiger partial charge in [0.05, 0.1) is 0 Å². The van der Waals surface area contributed by atoms with E-state index >= 15 is 0 Å². The van der Waals surface area contributed by atoms with E-state index in [2.05, 4.69) is 31.2 Å². The fraction of sp³-hybridized carbons (Fsp3) is 0.684. The highest BCUT2D eigenvalue weighted by Gasteiger charge is 2.19. The number of rotatable bonds is 7. The molecule has 0 amide bonds. The van der Waals surface area contributed by atoms with Crippen LogP contribution in [0.2, 0.25) is 0 Å². The average molecular weight is 290 g/mol. The lowest BCUT2D eigenvalue weighted by atomic mass is 9.79. The van der Waals surface area contributed by atoms with Crippen molar-refractivity contribution in [1.82, 2.24) is 0 Å². The molecule has 0 bridgehead atoms. The van der Waals surface area contributed by atoms with Gasteiger partial charge in [-0.3, -0.25) is 0 Å². The van der Waals surface area contributed by atoms with Crippen LogP contribution in [0.5, 0.6) is 0 Å². The molecular formula is C19H30O2. The normalized spacial score (nSPS) is 22.7. The van der Waals surface area contributed by atoms with Gasteiger partial charge in [0.25, 0.3) is 0 Å². The molecule has 1 fully saturated rings. The van der Waals surface area contributed by atoms with E-state index < -0.39 is 0 Å². The van der Waals surface area contributed by atoms with Gasteiger partial charge in [0.1, 0.15) is 0 Å². The van der Waals surface area contributed by atoms with Crippen LogP contribution >= 0.6 is 0 Å². The molecule has 1 aromatic rings. The van der Waals surface area contributed by atoms with Crippen molar-refractivity contribution in [1.29, 1.82) is 0 Å². The highest BCUT2D eigenvalue weighted by Crippen LogP contribution is 2.35. The monoisotopic (exact) mass is 290 g/mol. The predicted octanol–water partition coefficient (Wildman–Crippen LogP) is 3.90. The Labute approximate surface area is 129 Å². The van der Waals surface area contributed by atoms with Crippen molar-refractivity contribution in [2.24, 2.45) is 11.8 Å². The van der Waals surface area contributed by atoms with Crippen molar-refractivity contribution < 1.29 is 10.2 Å². The van der Waals surface area contributed by atoms with E-state index in [4.69, 9.17) is 10.2 Å². The second kappa shape index (κ2) is 8.55. The van der Waals surface area contributed by atoms with E-state index in [1.807, 2.05) is 0 Å². The lowest BCUT2D eigenvalue weighted by molar-refractivity contribution is 0.142. The molecule has 118 valence electrons. The maximum Gasteiger partial charge on any atom is 0.0481 e. The summed E-state index contributed by atoms with van der Waals surface area (Å²) in [5.41, 5.74) is 2.88. The van der Waals surface area contributed by atoms with Crippen LogP contribution in [-0.4, -0.2) is 23.4 Å². The van der Waals surface area contributed by atoms with Gasteiger partial charge in [-0.25, -0.2) is 0 Å². The summed E-state index contributed by atoms with van der Waals surface area (Å²) in [6, 6.07) is 9.15. The highest BCUT2D eigenvalue weighted by molar-refractivity contribution is 5.25. The summed E-state index contributed by atoms with van der Waals surface area (Å²) >= 11 is 0. The fourth-order valence-electron chi connectivity index (χ4n) is 3.39. The van der Waals surface area contributed by atoms with Crippen LogP contribution in [0.3, 0.4) is 0 Å². The number of aliphatic hydroxyl groups is 2. The van der Waals surface area contributed by atoms with Gasteiger partial charge in [-0.2, -0.15) is 0 Å². The van der Waals surface area contributed by atoms with Crippen molar-refractivity contribution in [3.05, 3.63) is 35.4 Å². The van der Waals surface area contributed by atoms with Crippen LogP contribution in [0.25, 0.3) is 0 Å². The Balaban J connectivity index is 1.79. The molecule has 1 aliphatic rings. The highest BCUT2D eigenvalue weighted by atomic mass is 16.3. The predicted molar refractivity (Wildman–Crippen MR) is 87.4 cm³/mol. The van der Waals surface area contributed by atoms with E-state index in [9.17, 15) is 0 Å². The first-order valence-electron chi connectivity index (χ1n) is 8.53. The minimum atomic E-state index is 0.0495. The van der Waals surface area contributed by atoms with Crippen LogP contribution in [0.1, 0.15) is 62.5 Å². The minimum Gasteiger partial charge on any atom is -0.396 e. The van der Waals surface area contributed by atoms with E-state index in [1.54, 1.807) is 0 Å². The first kappa shape index (κ1) is 16.5. The van der Waals surface area contributed by atoms with Gasteiger partial charge in [0, 0.05) is 19.1 Å². The molecule has 2 nitrogen and oxygen atoms in total. The molecule has 2 heteroatoms. The lowest BCUT2D eigenvalue weighted by Crippen LogP contribution is -2.11. The fourth-order valence-corrected chi connectivity index (χ4v) is 3.39. The van der Waals surface area contributed by atoms with Crippen LogP contribution in [0, 0.1) is 11.8 Å². The van der Waals surface area contributed by atoms with Gasteiger partial charge >= 0.3 is 0 Å². The van der Waals surface area contributed by atoms with Gasteiger partial charge in [-0.05, 0) is 55.1 Å². The minimum absolute atomic E-state index is 0.0495. The molecule has 1 saturated carbocycles. The number of benzene rings is 1. The summed E-state index contributed by atoms with van der Waals surface area (Å²) in [4.78, 5) is 0. The molecule has 0 aliphatic heterocycles. The number of hydrogen-bond acceptors (Lipinski definition) is 2. The van der Waals surface area contributed by atoms with Crippen molar-refractivity contribution in [3.8, 4) is 0 Å². The summed E-state index contributed by atoms with van der Waals surface area (Å²) < 4.78 is 0.